The summed E-state index contributed by atoms with van der Waals surface area (Å²) in [6.45, 7) is 7.48. The molecule has 17 heavy (non-hydrogen) atoms. The molecule has 1 amide bonds. The first-order chi connectivity index (χ1) is 8.07. The van der Waals surface area contributed by atoms with Crippen LogP contribution in [0.5, 0.6) is 0 Å². The van der Waals surface area contributed by atoms with Gasteiger partial charge in [-0.05, 0) is 18.3 Å². The Morgan fingerprint density at radius 2 is 2.35 bits per heavy atom. The fraction of sp³-hybridized carbons (Fsp3) is 0.923. The molecule has 0 spiro atoms. The van der Waals surface area contributed by atoms with E-state index in [9.17, 15) is 4.79 Å². The second kappa shape index (κ2) is 5.61. The van der Waals surface area contributed by atoms with Crippen molar-refractivity contribution in [3.63, 3.8) is 0 Å². The maximum absolute atomic E-state index is 12.2. The summed E-state index contributed by atoms with van der Waals surface area (Å²) in [5.41, 5.74) is 0.308. The Hall–Kier alpha value is -0.220. The molecule has 98 valence electrons. The van der Waals surface area contributed by atoms with E-state index >= 15 is 0 Å². The quantitative estimate of drug-likeness (QED) is 0.816. The van der Waals surface area contributed by atoms with Crippen LogP contribution in [0.15, 0.2) is 0 Å². The predicted molar refractivity (Wildman–Crippen MR) is 73.3 cm³/mol. The van der Waals surface area contributed by atoms with Gasteiger partial charge in [-0.15, -0.1) is 0 Å². The van der Waals surface area contributed by atoms with E-state index in [0.29, 0.717) is 23.8 Å². The van der Waals surface area contributed by atoms with E-state index in [1.54, 1.807) is 0 Å². The van der Waals surface area contributed by atoms with Gasteiger partial charge in [0, 0.05) is 43.6 Å². The van der Waals surface area contributed by atoms with Crippen molar-refractivity contribution in [2.24, 2.45) is 5.41 Å². The summed E-state index contributed by atoms with van der Waals surface area (Å²) in [7, 11) is 0. The Balaban J connectivity index is 1.82. The average molecular weight is 256 g/mol. The third kappa shape index (κ3) is 3.88. The third-order valence-corrected chi connectivity index (χ3v) is 4.80. The summed E-state index contributed by atoms with van der Waals surface area (Å²) in [5.74, 6) is 2.61. The first kappa shape index (κ1) is 13.2. The van der Waals surface area contributed by atoms with Crippen LogP contribution in [0.4, 0.5) is 0 Å². The van der Waals surface area contributed by atoms with Crippen LogP contribution in [0.1, 0.15) is 33.1 Å². The van der Waals surface area contributed by atoms with Gasteiger partial charge in [-0.2, -0.15) is 11.8 Å². The largest absolute Gasteiger partial charge is 0.342 e. The van der Waals surface area contributed by atoms with E-state index in [2.05, 4.69) is 24.1 Å². The summed E-state index contributed by atoms with van der Waals surface area (Å²) >= 11 is 1.96. The highest BCUT2D eigenvalue weighted by Crippen LogP contribution is 2.28. The zero-order valence-electron chi connectivity index (χ0n) is 11.0. The van der Waals surface area contributed by atoms with Gasteiger partial charge in [-0.3, -0.25) is 4.79 Å². The molecule has 0 aromatic carbocycles. The van der Waals surface area contributed by atoms with Crippen LogP contribution in [0.25, 0.3) is 0 Å². The molecule has 2 fully saturated rings. The fourth-order valence-electron chi connectivity index (χ4n) is 2.73. The predicted octanol–water partition coefficient (Wildman–Crippen LogP) is 1.73. The van der Waals surface area contributed by atoms with E-state index in [1.165, 1.54) is 12.2 Å². The lowest BCUT2D eigenvalue weighted by Gasteiger charge is -2.38. The molecule has 0 saturated carbocycles. The average Bonchev–Trinajstić information content (AvgIpc) is 2.29. The topological polar surface area (TPSA) is 32.3 Å². The first-order valence-electron chi connectivity index (χ1n) is 6.66. The van der Waals surface area contributed by atoms with Gasteiger partial charge in [0.05, 0.1) is 0 Å². The van der Waals surface area contributed by atoms with Gasteiger partial charge in [0.25, 0.3) is 0 Å². The standard InChI is InChI=1S/C13H24N2OS/c1-13(2)4-3-6-15(10-13)12(16)8-11-9-17-7-5-14-11/h11,14H,3-10H2,1-2H3. The number of nitrogens with one attached hydrogen (secondary N) is 1. The van der Waals surface area contributed by atoms with Crippen LogP contribution < -0.4 is 5.32 Å². The second-order valence-corrected chi connectivity index (χ2v) is 7.16. The van der Waals surface area contributed by atoms with Crippen LogP contribution in [0.3, 0.4) is 0 Å². The van der Waals surface area contributed by atoms with E-state index in [-0.39, 0.29) is 0 Å². The highest BCUT2D eigenvalue weighted by atomic mass is 32.2. The monoisotopic (exact) mass is 256 g/mol. The van der Waals surface area contributed by atoms with Crippen molar-refractivity contribution in [3.8, 4) is 0 Å². The first-order valence-corrected chi connectivity index (χ1v) is 7.81. The molecular weight excluding hydrogens is 232 g/mol. The van der Waals surface area contributed by atoms with Gasteiger partial charge in [0.1, 0.15) is 0 Å². The van der Waals surface area contributed by atoms with E-state index < -0.39 is 0 Å². The van der Waals surface area contributed by atoms with Crippen molar-refractivity contribution in [1.29, 1.82) is 0 Å². The molecule has 2 aliphatic heterocycles. The Bertz CT molecular complexity index is 275. The lowest BCUT2D eigenvalue weighted by molar-refractivity contribution is -0.134. The number of nitrogens with zero attached hydrogens (tertiary/aromatic N) is 1. The number of rotatable bonds is 2. The molecule has 0 radical (unpaired) electrons. The molecule has 1 unspecified atom stereocenters. The van der Waals surface area contributed by atoms with Gasteiger partial charge >= 0.3 is 0 Å². The van der Waals surface area contributed by atoms with Crippen LogP contribution >= 0.6 is 11.8 Å². The maximum Gasteiger partial charge on any atom is 0.224 e. The summed E-state index contributed by atoms with van der Waals surface area (Å²) in [5, 5.41) is 3.44. The lowest BCUT2D eigenvalue weighted by atomic mass is 9.84. The summed E-state index contributed by atoms with van der Waals surface area (Å²) in [4.78, 5) is 14.3. The number of thioether (sulfide) groups is 1. The van der Waals surface area contributed by atoms with Gasteiger partial charge in [-0.25, -0.2) is 0 Å². The summed E-state index contributed by atoms with van der Waals surface area (Å²) < 4.78 is 0. The number of hydrogen-bond donors (Lipinski definition) is 1. The van der Waals surface area contributed by atoms with Gasteiger partial charge < -0.3 is 10.2 Å². The number of carbonyl (C=O) groups is 1. The van der Waals surface area contributed by atoms with Crippen LogP contribution in [0, 0.1) is 5.41 Å². The van der Waals surface area contributed by atoms with E-state index in [4.69, 9.17) is 0 Å². The van der Waals surface area contributed by atoms with Crippen molar-refractivity contribution >= 4 is 17.7 Å². The molecule has 2 saturated heterocycles. The number of likely N-dealkylation sites (tertiary alicyclic amines) is 1. The van der Waals surface area contributed by atoms with Crippen LogP contribution in [-0.4, -0.2) is 48.0 Å². The number of piperidine rings is 1. The SMILES string of the molecule is CC1(C)CCCN(C(=O)CC2CSCCN2)C1. The molecule has 1 N–H and O–H groups in total. The smallest absolute Gasteiger partial charge is 0.224 e. The van der Waals surface area contributed by atoms with Crippen molar-refractivity contribution in [2.75, 3.05) is 31.1 Å². The Kier molecular flexibility index (Phi) is 4.36. The lowest BCUT2D eigenvalue weighted by Crippen LogP contribution is -2.47. The van der Waals surface area contributed by atoms with Crippen molar-refractivity contribution < 1.29 is 4.79 Å². The zero-order chi connectivity index (χ0) is 12.3. The van der Waals surface area contributed by atoms with Gasteiger partial charge in [0.2, 0.25) is 5.91 Å². The number of hydrogen-bond acceptors (Lipinski definition) is 3. The van der Waals surface area contributed by atoms with Gasteiger partial charge in [-0.1, -0.05) is 13.8 Å². The highest BCUT2D eigenvalue weighted by molar-refractivity contribution is 7.99. The van der Waals surface area contributed by atoms with E-state index in [0.717, 1.165) is 31.8 Å². The summed E-state index contributed by atoms with van der Waals surface area (Å²) in [6.07, 6.45) is 3.09. The van der Waals surface area contributed by atoms with Crippen LogP contribution in [0.2, 0.25) is 0 Å². The molecular formula is C13H24N2OS. The third-order valence-electron chi connectivity index (χ3n) is 3.67. The summed E-state index contributed by atoms with van der Waals surface area (Å²) in [6, 6.07) is 0.395. The number of carbonyl (C=O) groups excluding carboxylic acids is 1. The molecule has 0 aromatic rings. The molecule has 0 bridgehead atoms. The van der Waals surface area contributed by atoms with Crippen molar-refractivity contribution in [1.82, 2.24) is 10.2 Å². The van der Waals surface area contributed by atoms with E-state index in [1.807, 2.05) is 11.8 Å². The van der Waals surface area contributed by atoms with Gasteiger partial charge in [0.15, 0.2) is 0 Å². The Morgan fingerprint density at radius 1 is 1.53 bits per heavy atom. The molecule has 2 rings (SSSR count). The van der Waals surface area contributed by atoms with Crippen LogP contribution in [-0.2, 0) is 4.79 Å². The molecule has 2 heterocycles. The Morgan fingerprint density at radius 3 is 3.00 bits per heavy atom. The Labute approximate surface area is 109 Å². The second-order valence-electron chi connectivity index (χ2n) is 6.01. The molecule has 4 heteroatoms. The normalized spacial score (nSPS) is 29.1. The highest BCUT2D eigenvalue weighted by Gasteiger charge is 2.30. The van der Waals surface area contributed by atoms with Crippen molar-refractivity contribution in [3.05, 3.63) is 0 Å². The molecule has 2 aliphatic rings. The molecule has 3 nitrogen and oxygen atoms in total. The minimum Gasteiger partial charge on any atom is -0.342 e. The minimum absolute atomic E-state index is 0.308. The zero-order valence-corrected chi connectivity index (χ0v) is 11.8. The maximum atomic E-state index is 12.2. The molecule has 0 aromatic heterocycles. The minimum atomic E-state index is 0.308. The molecule has 1 atom stereocenters. The molecule has 0 aliphatic carbocycles. The number of amides is 1. The van der Waals surface area contributed by atoms with Crippen molar-refractivity contribution in [2.45, 2.75) is 39.2 Å². The fourth-order valence-corrected chi connectivity index (χ4v) is 3.68.